The minimum absolute atomic E-state index is 0.172. The van der Waals surface area contributed by atoms with E-state index in [9.17, 15) is 10.1 Å². The number of nitrogens with zero attached hydrogens (tertiary/aromatic N) is 1. The summed E-state index contributed by atoms with van der Waals surface area (Å²) in [6, 6.07) is 13.6. The van der Waals surface area contributed by atoms with E-state index in [-0.39, 0.29) is 10.6 Å². The molecule has 0 saturated heterocycles. The molecule has 0 unspecified atom stereocenters. The number of nitrogens with one attached hydrogen (secondary N) is 1. The molecule has 0 radical (unpaired) electrons. The fourth-order valence-electron chi connectivity index (χ4n) is 2.17. The van der Waals surface area contributed by atoms with Gasteiger partial charge in [0.05, 0.1) is 4.92 Å². The zero-order chi connectivity index (χ0) is 15.4. The van der Waals surface area contributed by atoms with E-state index < -0.39 is 0 Å². The van der Waals surface area contributed by atoms with Crippen LogP contribution in [0.1, 0.15) is 36.5 Å². The van der Waals surface area contributed by atoms with E-state index >= 15 is 0 Å². The minimum atomic E-state index is -0.335. The van der Waals surface area contributed by atoms with Crippen LogP contribution in [-0.4, -0.2) is 4.92 Å². The molecule has 2 aromatic rings. The van der Waals surface area contributed by atoms with Crippen molar-refractivity contribution >= 4 is 11.4 Å². The van der Waals surface area contributed by atoms with Gasteiger partial charge in [-0.3, -0.25) is 10.1 Å². The SMILES string of the molecule is Cc1ccc(CNc2cccc(C(C)C)c2)cc1[N+](=O)[O-]. The first-order chi connectivity index (χ1) is 9.97. The summed E-state index contributed by atoms with van der Waals surface area (Å²) in [6.45, 7) is 6.63. The van der Waals surface area contributed by atoms with Gasteiger partial charge in [-0.05, 0) is 36.1 Å². The van der Waals surface area contributed by atoms with Gasteiger partial charge in [-0.15, -0.1) is 0 Å². The highest BCUT2D eigenvalue weighted by atomic mass is 16.6. The lowest BCUT2D eigenvalue weighted by atomic mass is 10.0. The van der Waals surface area contributed by atoms with E-state index in [0.717, 1.165) is 11.3 Å². The normalized spacial score (nSPS) is 10.7. The van der Waals surface area contributed by atoms with Crippen LogP contribution in [-0.2, 0) is 6.54 Å². The number of hydrogen-bond donors (Lipinski definition) is 1. The summed E-state index contributed by atoms with van der Waals surface area (Å²) in [6.07, 6.45) is 0. The Kier molecular flexibility index (Phi) is 4.58. The van der Waals surface area contributed by atoms with Crippen LogP contribution in [0.4, 0.5) is 11.4 Å². The average Bonchev–Trinajstić information content (AvgIpc) is 2.46. The molecule has 0 fully saturated rings. The number of hydrogen-bond acceptors (Lipinski definition) is 3. The maximum absolute atomic E-state index is 11.0. The Labute approximate surface area is 125 Å². The molecule has 0 bridgehead atoms. The molecule has 21 heavy (non-hydrogen) atoms. The van der Waals surface area contributed by atoms with Crippen LogP contribution >= 0.6 is 0 Å². The van der Waals surface area contributed by atoms with Crippen LogP contribution in [0.15, 0.2) is 42.5 Å². The van der Waals surface area contributed by atoms with Gasteiger partial charge in [0.25, 0.3) is 5.69 Å². The lowest BCUT2D eigenvalue weighted by molar-refractivity contribution is -0.385. The molecule has 0 spiro atoms. The van der Waals surface area contributed by atoms with Crippen LogP contribution in [0.3, 0.4) is 0 Å². The lowest BCUT2D eigenvalue weighted by Crippen LogP contribution is -2.01. The van der Waals surface area contributed by atoms with Crippen molar-refractivity contribution in [3.05, 3.63) is 69.3 Å². The van der Waals surface area contributed by atoms with Crippen LogP contribution in [0.2, 0.25) is 0 Å². The monoisotopic (exact) mass is 284 g/mol. The first-order valence-electron chi connectivity index (χ1n) is 7.05. The second-order valence-corrected chi connectivity index (χ2v) is 5.51. The number of benzene rings is 2. The smallest absolute Gasteiger partial charge is 0.272 e. The summed E-state index contributed by atoms with van der Waals surface area (Å²) >= 11 is 0. The maximum atomic E-state index is 11.0. The lowest BCUT2D eigenvalue weighted by Gasteiger charge is -2.10. The molecule has 0 aromatic heterocycles. The summed E-state index contributed by atoms with van der Waals surface area (Å²) in [5.41, 5.74) is 4.07. The first-order valence-corrected chi connectivity index (χ1v) is 7.05. The zero-order valence-electron chi connectivity index (χ0n) is 12.6. The van der Waals surface area contributed by atoms with E-state index in [0.29, 0.717) is 18.0 Å². The summed E-state index contributed by atoms with van der Waals surface area (Å²) in [5.74, 6) is 0.479. The largest absolute Gasteiger partial charge is 0.381 e. The standard InChI is InChI=1S/C17H20N2O2/c1-12(2)15-5-4-6-16(10-15)18-11-14-8-7-13(3)17(9-14)19(20)21/h4-10,12,18H,11H2,1-3H3. The Morgan fingerprint density at radius 3 is 2.62 bits per heavy atom. The molecule has 0 aliphatic rings. The second-order valence-electron chi connectivity index (χ2n) is 5.51. The van der Waals surface area contributed by atoms with Crippen molar-refractivity contribution in [3.8, 4) is 0 Å². The van der Waals surface area contributed by atoms with Crippen molar-refractivity contribution in [3.63, 3.8) is 0 Å². The van der Waals surface area contributed by atoms with E-state index in [4.69, 9.17) is 0 Å². The Morgan fingerprint density at radius 2 is 1.95 bits per heavy atom. The van der Waals surface area contributed by atoms with Gasteiger partial charge >= 0.3 is 0 Å². The second kappa shape index (κ2) is 6.39. The van der Waals surface area contributed by atoms with Gasteiger partial charge < -0.3 is 5.32 Å². The number of rotatable bonds is 5. The van der Waals surface area contributed by atoms with Gasteiger partial charge in [-0.2, -0.15) is 0 Å². The molecule has 0 aliphatic carbocycles. The molecule has 0 aliphatic heterocycles. The Balaban J connectivity index is 2.11. The molecule has 2 rings (SSSR count). The van der Waals surface area contributed by atoms with Crippen LogP contribution in [0, 0.1) is 17.0 Å². The van der Waals surface area contributed by atoms with Crippen molar-refractivity contribution in [2.24, 2.45) is 0 Å². The quantitative estimate of drug-likeness (QED) is 0.643. The minimum Gasteiger partial charge on any atom is -0.381 e. The maximum Gasteiger partial charge on any atom is 0.272 e. The zero-order valence-corrected chi connectivity index (χ0v) is 12.6. The van der Waals surface area contributed by atoms with Crippen LogP contribution < -0.4 is 5.32 Å². The van der Waals surface area contributed by atoms with Crippen molar-refractivity contribution in [2.75, 3.05) is 5.32 Å². The van der Waals surface area contributed by atoms with E-state index in [1.807, 2.05) is 18.2 Å². The van der Waals surface area contributed by atoms with Crippen molar-refractivity contribution in [2.45, 2.75) is 33.2 Å². The third-order valence-electron chi connectivity index (χ3n) is 3.52. The molecule has 4 heteroatoms. The van der Waals surface area contributed by atoms with E-state index in [2.05, 4.69) is 31.3 Å². The van der Waals surface area contributed by atoms with Gasteiger partial charge in [-0.1, -0.05) is 38.1 Å². The molecule has 2 aromatic carbocycles. The Bertz CT molecular complexity index is 651. The number of nitro benzene ring substituents is 1. The van der Waals surface area contributed by atoms with Gasteiger partial charge in [0.2, 0.25) is 0 Å². The Morgan fingerprint density at radius 1 is 1.19 bits per heavy atom. The number of nitro groups is 1. The number of anilines is 1. The third kappa shape index (κ3) is 3.81. The van der Waals surface area contributed by atoms with Gasteiger partial charge in [-0.25, -0.2) is 0 Å². The van der Waals surface area contributed by atoms with Crippen molar-refractivity contribution < 1.29 is 4.92 Å². The molecule has 0 saturated carbocycles. The Hall–Kier alpha value is -2.36. The highest BCUT2D eigenvalue weighted by molar-refractivity contribution is 5.48. The summed E-state index contributed by atoms with van der Waals surface area (Å²) in [4.78, 5) is 10.6. The fraction of sp³-hybridized carbons (Fsp3) is 0.294. The summed E-state index contributed by atoms with van der Waals surface area (Å²) < 4.78 is 0. The molecule has 0 atom stereocenters. The van der Waals surface area contributed by atoms with Crippen molar-refractivity contribution in [1.29, 1.82) is 0 Å². The summed E-state index contributed by atoms with van der Waals surface area (Å²) in [5, 5.41) is 14.3. The number of aryl methyl sites for hydroxylation is 1. The van der Waals surface area contributed by atoms with Gasteiger partial charge in [0, 0.05) is 23.9 Å². The van der Waals surface area contributed by atoms with E-state index in [1.54, 1.807) is 19.1 Å². The molecule has 110 valence electrons. The molecular weight excluding hydrogens is 264 g/mol. The highest BCUT2D eigenvalue weighted by Gasteiger charge is 2.10. The van der Waals surface area contributed by atoms with E-state index in [1.165, 1.54) is 5.56 Å². The molecule has 4 nitrogen and oxygen atoms in total. The van der Waals surface area contributed by atoms with Crippen LogP contribution in [0.25, 0.3) is 0 Å². The summed E-state index contributed by atoms with van der Waals surface area (Å²) in [7, 11) is 0. The molecule has 0 heterocycles. The highest BCUT2D eigenvalue weighted by Crippen LogP contribution is 2.21. The van der Waals surface area contributed by atoms with Gasteiger partial charge in [0.1, 0.15) is 0 Å². The average molecular weight is 284 g/mol. The topological polar surface area (TPSA) is 55.2 Å². The fourth-order valence-corrected chi connectivity index (χ4v) is 2.17. The first kappa shape index (κ1) is 15.0. The van der Waals surface area contributed by atoms with Crippen LogP contribution in [0.5, 0.6) is 0 Å². The predicted molar refractivity (Wildman–Crippen MR) is 85.7 cm³/mol. The van der Waals surface area contributed by atoms with Gasteiger partial charge in [0.15, 0.2) is 0 Å². The molecule has 1 N–H and O–H groups in total. The predicted octanol–water partition coefficient (Wildman–Crippen LogP) is 4.64. The molecule has 0 amide bonds. The third-order valence-corrected chi connectivity index (χ3v) is 3.52. The molecular formula is C17H20N2O2. The van der Waals surface area contributed by atoms with Crippen molar-refractivity contribution in [1.82, 2.24) is 0 Å².